The number of halogens is 1. The maximum absolute atomic E-state index is 13.4. The van der Waals surface area contributed by atoms with Crippen LogP contribution in [0.4, 0.5) is 16.0 Å². The van der Waals surface area contributed by atoms with Crippen LogP contribution in [-0.4, -0.2) is 19.6 Å². The molecule has 0 unspecified atom stereocenters. The molecule has 1 aromatic carbocycles. The Hall–Kier alpha value is -2.73. The van der Waals surface area contributed by atoms with E-state index < -0.39 is 6.67 Å². The van der Waals surface area contributed by atoms with Gasteiger partial charge in [0.05, 0.1) is 6.61 Å². The lowest BCUT2D eigenvalue weighted by molar-refractivity contribution is 0.281. The van der Waals surface area contributed by atoms with Gasteiger partial charge in [0.2, 0.25) is 5.95 Å². The number of aromatic nitrogens is 3. The van der Waals surface area contributed by atoms with E-state index >= 15 is 0 Å². The normalized spacial score (nSPS) is 10.9. The van der Waals surface area contributed by atoms with Crippen LogP contribution in [0.15, 0.2) is 36.8 Å². The first-order valence-corrected chi connectivity index (χ1v) is 8.06. The minimum absolute atomic E-state index is 0.0669. The minimum Gasteiger partial charge on any atom is -0.392 e. The highest BCUT2D eigenvalue weighted by molar-refractivity contribution is 5.57. The van der Waals surface area contributed by atoms with Gasteiger partial charge in [0.15, 0.2) is 0 Å². The predicted molar refractivity (Wildman–Crippen MR) is 96.0 cm³/mol. The highest BCUT2D eigenvalue weighted by Crippen LogP contribution is 2.22. The third kappa shape index (κ3) is 3.69. The molecule has 0 aliphatic carbocycles. The third-order valence-electron chi connectivity index (χ3n) is 4.01. The molecule has 2 aromatic heterocycles. The van der Waals surface area contributed by atoms with Gasteiger partial charge >= 0.3 is 0 Å². The van der Waals surface area contributed by atoms with Crippen LogP contribution in [0.25, 0.3) is 5.82 Å². The van der Waals surface area contributed by atoms with E-state index in [4.69, 9.17) is 0 Å². The van der Waals surface area contributed by atoms with E-state index in [-0.39, 0.29) is 6.61 Å². The number of benzene rings is 1. The van der Waals surface area contributed by atoms with Gasteiger partial charge in [0, 0.05) is 29.8 Å². The van der Waals surface area contributed by atoms with E-state index in [9.17, 15) is 9.50 Å². The third-order valence-corrected chi connectivity index (χ3v) is 4.01. The number of aliphatic hydroxyl groups excluding tert-OH is 1. The van der Waals surface area contributed by atoms with Gasteiger partial charge in [0.25, 0.3) is 0 Å². The molecular formula is C19H21FN4O. The molecule has 25 heavy (non-hydrogen) atoms. The smallest absolute Gasteiger partial charge is 0.229 e. The maximum Gasteiger partial charge on any atom is 0.229 e. The van der Waals surface area contributed by atoms with Crippen LogP contribution in [0.1, 0.15) is 27.8 Å². The number of nitrogens with one attached hydrogen (secondary N) is 1. The van der Waals surface area contributed by atoms with Gasteiger partial charge in [-0.3, -0.25) is 0 Å². The first-order valence-electron chi connectivity index (χ1n) is 8.06. The zero-order chi connectivity index (χ0) is 18.0. The van der Waals surface area contributed by atoms with Crippen LogP contribution < -0.4 is 5.32 Å². The minimum atomic E-state index is -0.662. The summed E-state index contributed by atoms with van der Waals surface area (Å²) in [6, 6.07) is 6.09. The van der Waals surface area contributed by atoms with Crippen molar-refractivity contribution in [2.75, 3.05) is 5.32 Å². The van der Waals surface area contributed by atoms with Crippen LogP contribution in [0.5, 0.6) is 0 Å². The van der Waals surface area contributed by atoms with Crippen molar-refractivity contribution >= 4 is 11.6 Å². The van der Waals surface area contributed by atoms with Crippen LogP contribution in [0.2, 0.25) is 0 Å². The SMILES string of the molecule is Cc1cc(C)cc(Nc2ncc(CF)c(-n3cc(C)c(CO)c3)n2)c1. The second-order valence-corrected chi connectivity index (χ2v) is 6.21. The highest BCUT2D eigenvalue weighted by Gasteiger charge is 2.12. The fourth-order valence-electron chi connectivity index (χ4n) is 2.84. The molecule has 0 bridgehead atoms. The molecule has 0 fully saturated rings. The molecular weight excluding hydrogens is 319 g/mol. The lowest BCUT2D eigenvalue weighted by atomic mass is 10.1. The monoisotopic (exact) mass is 340 g/mol. The molecule has 0 spiro atoms. The largest absolute Gasteiger partial charge is 0.392 e. The zero-order valence-corrected chi connectivity index (χ0v) is 14.5. The highest BCUT2D eigenvalue weighted by atomic mass is 19.1. The van der Waals surface area contributed by atoms with E-state index in [1.165, 1.54) is 6.20 Å². The van der Waals surface area contributed by atoms with Crippen molar-refractivity contribution in [2.24, 2.45) is 0 Å². The molecule has 3 rings (SSSR count). The first kappa shape index (κ1) is 17.1. The average Bonchev–Trinajstić information content (AvgIpc) is 2.94. The second-order valence-electron chi connectivity index (χ2n) is 6.21. The average molecular weight is 340 g/mol. The van der Waals surface area contributed by atoms with Crippen molar-refractivity contribution < 1.29 is 9.50 Å². The van der Waals surface area contributed by atoms with E-state index in [1.54, 1.807) is 10.8 Å². The van der Waals surface area contributed by atoms with Crippen LogP contribution in [0, 0.1) is 20.8 Å². The van der Waals surface area contributed by atoms with Crippen molar-refractivity contribution in [1.82, 2.24) is 14.5 Å². The number of hydrogen-bond acceptors (Lipinski definition) is 4. The van der Waals surface area contributed by atoms with Gasteiger partial charge in [-0.05, 0) is 55.2 Å². The summed E-state index contributed by atoms with van der Waals surface area (Å²) in [5.41, 5.74) is 5.26. The number of aliphatic hydroxyl groups is 1. The molecule has 0 aliphatic heterocycles. The Morgan fingerprint density at radius 2 is 1.80 bits per heavy atom. The fraction of sp³-hybridized carbons (Fsp3) is 0.263. The Kier molecular flexibility index (Phi) is 4.81. The van der Waals surface area contributed by atoms with Gasteiger partial charge in [-0.15, -0.1) is 0 Å². The van der Waals surface area contributed by atoms with Crippen molar-refractivity contribution in [3.63, 3.8) is 0 Å². The van der Waals surface area contributed by atoms with Crippen molar-refractivity contribution in [2.45, 2.75) is 34.1 Å². The van der Waals surface area contributed by atoms with E-state index in [1.807, 2.05) is 39.1 Å². The summed E-state index contributed by atoms with van der Waals surface area (Å²) >= 11 is 0. The summed E-state index contributed by atoms with van der Waals surface area (Å²) in [6.07, 6.45) is 5.08. The molecule has 130 valence electrons. The summed E-state index contributed by atoms with van der Waals surface area (Å²) in [4.78, 5) is 8.69. The van der Waals surface area contributed by atoms with Gasteiger partial charge in [-0.25, -0.2) is 9.37 Å². The van der Waals surface area contributed by atoms with Crippen LogP contribution in [-0.2, 0) is 13.3 Å². The number of nitrogens with zero attached hydrogens (tertiary/aromatic N) is 3. The van der Waals surface area contributed by atoms with E-state index in [0.29, 0.717) is 17.3 Å². The van der Waals surface area contributed by atoms with Gasteiger partial charge in [0.1, 0.15) is 12.5 Å². The number of aryl methyl sites for hydroxylation is 3. The zero-order valence-electron chi connectivity index (χ0n) is 14.5. The number of rotatable bonds is 5. The van der Waals surface area contributed by atoms with Gasteiger partial charge < -0.3 is 15.0 Å². The molecule has 3 aromatic rings. The molecule has 0 amide bonds. The van der Waals surface area contributed by atoms with E-state index in [2.05, 4.69) is 21.4 Å². The molecule has 0 radical (unpaired) electrons. The van der Waals surface area contributed by atoms with Crippen LogP contribution in [0.3, 0.4) is 0 Å². The molecule has 0 saturated heterocycles. The Labute approximate surface area is 146 Å². The first-order chi connectivity index (χ1) is 12.0. The maximum atomic E-state index is 13.4. The van der Waals surface area contributed by atoms with Gasteiger partial charge in [-0.1, -0.05) is 6.07 Å². The summed E-state index contributed by atoms with van der Waals surface area (Å²) in [7, 11) is 0. The second kappa shape index (κ2) is 7.03. The number of hydrogen-bond donors (Lipinski definition) is 2. The Morgan fingerprint density at radius 1 is 1.08 bits per heavy atom. The fourth-order valence-corrected chi connectivity index (χ4v) is 2.84. The van der Waals surface area contributed by atoms with Crippen molar-refractivity contribution in [1.29, 1.82) is 0 Å². The standard InChI is InChI=1S/C19H21FN4O/c1-12-4-13(2)6-17(5-12)22-19-21-8-15(7-20)18(23-19)24-9-14(3)16(10-24)11-25/h4-6,8-10,25H,7,11H2,1-3H3,(H,21,22,23). The van der Waals surface area contributed by atoms with Crippen molar-refractivity contribution in [3.8, 4) is 5.82 Å². The molecule has 0 atom stereocenters. The molecule has 6 heteroatoms. The number of anilines is 2. The summed E-state index contributed by atoms with van der Waals surface area (Å²) in [6.45, 7) is 5.21. The number of alkyl halides is 1. The topological polar surface area (TPSA) is 63.0 Å². The quantitative estimate of drug-likeness (QED) is 0.739. The summed E-state index contributed by atoms with van der Waals surface area (Å²) in [5.74, 6) is 0.862. The molecule has 0 aliphatic rings. The Bertz CT molecular complexity index is 884. The lowest BCUT2D eigenvalue weighted by Crippen LogP contribution is -2.05. The lowest BCUT2D eigenvalue weighted by Gasteiger charge is -2.11. The van der Waals surface area contributed by atoms with Gasteiger partial charge in [-0.2, -0.15) is 4.98 Å². The molecule has 0 saturated carbocycles. The van der Waals surface area contributed by atoms with Crippen molar-refractivity contribution in [3.05, 3.63) is 64.6 Å². The summed E-state index contributed by atoms with van der Waals surface area (Å²) in [5, 5.41) is 12.5. The van der Waals surface area contributed by atoms with E-state index in [0.717, 1.165) is 27.9 Å². The Morgan fingerprint density at radius 3 is 2.40 bits per heavy atom. The molecule has 5 nitrogen and oxygen atoms in total. The predicted octanol–water partition coefficient (Wildman–Crippen LogP) is 3.90. The van der Waals surface area contributed by atoms with Crippen LogP contribution >= 0.6 is 0 Å². The summed E-state index contributed by atoms with van der Waals surface area (Å²) < 4.78 is 15.1. The molecule has 2 N–H and O–H groups in total. The Balaban J connectivity index is 1.99. The molecule has 2 heterocycles.